The van der Waals surface area contributed by atoms with Crippen LogP contribution in [0.15, 0.2) is 6.20 Å². The minimum Gasteiger partial charge on any atom is -0.349 e. The molecule has 0 bridgehead atoms. The highest BCUT2D eigenvalue weighted by Crippen LogP contribution is 2.23. The Morgan fingerprint density at radius 1 is 1.15 bits per heavy atom. The molecule has 0 aromatic carbocycles. The largest absolute Gasteiger partial charge is 0.349 e. The molecular formula is C16H31N3S. The Kier molecular flexibility index (Phi) is 7.52. The zero-order valence-corrected chi connectivity index (χ0v) is 14.8. The predicted octanol–water partition coefficient (Wildman–Crippen LogP) is 4.01. The average molecular weight is 298 g/mol. The van der Waals surface area contributed by atoms with E-state index in [0.717, 1.165) is 49.1 Å². The molecule has 1 aromatic heterocycles. The molecule has 1 rings (SSSR count). The van der Waals surface area contributed by atoms with Gasteiger partial charge in [-0.15, -0.1) is 11.3 Å². The molecule has 0 atom stereocenters. The summed E-state index contributed by atoms with van der Waals surface area (Å²) in [6.07, 6.45) is 2.02. The van der Waals surface area contributed by atoms with Gasteiger partial charge in [0.25, 0.3) is 0 Å². The third kappa shape index (κ3) is 5.06. The Morgan fingerprint density at radius 3 is 2.25 bits per heavy atom. The van der Waals surface area contributed by atoms with Crippen molar-refractivity contribution >= 4 is 16.5 Å². The summed E-state index contributed by atoms with van der Waals surface area (Å²) < 4.78 is 0. The summed E-state index contributed by atoms with van der Waals surface area (Å²) in [5.41, 5.74) is 0. The lowest BCUT2D eigenvalue weighted by Crippen LogP contribution is -2.29. The Balaban J connectivity index is 2.46. The number of anilines is 1. The molecule has 0 unspecified atom stereocenters. The maximum atomic E-state index is 4.53. The van der Waals surface area contributed by atoms with E-state index in [4.69, 9.17) is 0 Å². The SMILES string of the molecule is CCN(CC)c1ncc(CNCC(C(C)C)C(C)C)s1. The van der Waals surface area contributed by atoms with Crippen LogP contribution in [0.25, 0.3) is 0 Å². The van der Waals surface area contributed by atoms with Crippen LogP contribution >= 0.6 is 11.3 Å². The smallest absolute Gasteiger partial charge is 0.185 e. The van der Waals surface area contributed by atoms with Gasteiger partial charge in [0.05, 0.1) is 0 Å². The van der Waals surface area contributed by atoms with Crippen LogP contribution in [-0.2, 0) is 6.54 Å². The molecule has 1 N–H and O–H groups in total. The third-order valence-corrected chi connectivity index (χ3v) is 5.03. The molecule has 4 heteroatoms. The van der Waals surface area contributed by atoms with E-state index in [-0.39, 0.29) is 0 Å². The van der Waals surface area contributed by atoms with Crippen LogP contribution in [0, 0.1) is 17.8 Å². The van der Waals surface area contributed by atoms with Gasteiger partial charge < -0.3 is 10.2 Å². The Hall–Kier alpha value is -0.610. The molecule has 0 saturated heterocycles. The molecule has 0 aliphatic carbocycles. The zero-order valence-electron chi connectivity index (χ0n) is 13.9. The minimum absolute atomic E-state index is 0.732. The lowest BCUT2D eigenvalue weighted by molar-refractivity contribution is 0.276. The Morgan fingerprint density at radius 2 is 1.75 bits per heavy atom. The first kappa shape index (κ1) is 17.4. The van der Waals surface area contributed by atoms with E-state index in [0.29, 0.717) is 0 Å². The first-order valence-electron chi connectivity index (χ1n) is 7.89. The zero-order chi connectivity index (χ0) is 15.1. The van der Waals surface area contributed by atoms with Gasteiger partial charge in [-0.1, -0.05) is 27.7 Å². The molecule has 0 aliphatic rings. The number of nitrogens with one attached hydrogen (secondary N) is 1. The molecule has 0 aliphatic heterocycles. The van der Waals surface area contributed by atoms with E-state index in [9.17, 15) is 0 Å². The number of aromatic nitrogens is 1. The number of thiazole rings is 1. The van der Waals surface area contributed by atoms with Crippen molar-refractivity contribution in [3.63, 3.8) is 0 Å². The van der Waals surface area contributed by atoms with Crippen LogP contribution in [0.4, 0.5) is 5.13 Å². The van der Waals surface area contributed by atoms with Crippen LogP contribution < -0.4 is 10.2 Å². The summed E-state index contributed by atoms with van der Waals surface area (Å²) in [6.45, 7) is 17.7. The summed E-state index contributed by atoms with van der Waals surface area (Å²) in [5, 5.41) is 4.75. The number of nitrogens with zero attached hydrogens (tertiary/aromatic N) is 2. The average Bonchev–Trinajstić information content (AvgIpc) is 2.84. The lowest BCUT2D eigenvalue weighted by atomic mass is 9.85. The summed E-state index contributed by atoms with van der Waals surface area (Å²) >= 11 is 1.81. The minimum atomic E-state index is 0.732. The van der Waals surface area contributed by atoms with Gasteiger partial charge in [-0.2, -0.15) is 0 Å². The normalized spacial score (nSPS) is 11.8. The summed E-state index contributed by atoms with van der Waals surface area (Å²) in [5.74, 6) is 2.20. The van der Waals surface area contributed by atoms with Crippen LogP contribution in [0.5, 0.6) is 0 Å². The van der Waals surface area contributed by atoms with Gasteiger partial charge in [0.1, 0.15) is 0 Å². The molecule has 0 radical (unpaired) electrons. The van der Waals surface area contributed by atoms with E-state index in [1.54, 1.807) is 0 Å². The van der Waals surface area contributed by atoms with E-state index in [1.807, 2.05) is 17.5 Å². The van der Waals surface area contributed by atoms with E-state index in [1.165, 1.54) is 4.88 Å². The first-order chi connectivity index (χ1) is 9.49. The maximum absolute atomic E-state index is 4.53. The monoisotopic (exact) mass is 297 g/mol. The van der Waals surface area contributed by atoms with Crippen LogP contribution in [0.3, 0.4) is 0 Å². The highest BCUT2D eigenvalue weighted by Gasteiger charge is 2.17. The van der Waals surface area contributed by atoms with Crippen molar-refractivity contribution in [2.45, 2.75) is 48.1 Å². The maximum Gasteiger partial charge on any atom is 0.185 e. The molecule has 1 aromatic rings. The topological polar surface area (TPSA) is 28.2 Å². The highest BCUT2D eigenvalue weighted by molar-refractivity contribution is 7.15. The second-order valence-corrected chi connectivity index (χ2v) is 7.16. The first-order valence-corrected chi connectivity index (χ1v) is 8.71. The summed E-state index contributed by atoms with van der Waals surface area (Å²) in [6, 6.07) is 0. The Bertz CT molecular complexity index is 362. The molecule has 3 nitrogen and oxygen atoms in total. The fourth-order valence-corrected chi connectivity index (χ4v) is 3.63. The molecule has 0 saturated carbocycles. The Labute approximate surface area is 128 Å². The number of hydrogen-bond acceptors (Lipinski definition) is 4. The van der Waals surface area contributed by atoms with E-state index in [2.05, 4.69) is 56.7 Å². The van der Waals surface area contributed by atoms with Gasteiger partial charge in [-0.25, -0.2) is 4.98 Å². The molecule has 1 heterocycles. The van der Waals surface area contributed by atoms with Gasteiger partial charge in [0.15, 0.2) is 5.13 Å². The second-order valence-electron chi connectivity index (χ2n) is 6.06. The van der Waals surface area contributed by atoms with Crippen LogP contribution in [0.1, 0.15) is 46.4 Å². The van der Waals surface area contributed by atoms with Crippen molar-refractivity contribution in [2.24, 2.45) is 17.8 Å². The fraction of sp³-hybridized carbons (Fsp3) is 0.812. The molecule has 0 fully saturated rings. The van der Waals surface area contributed by atoms with Gasteiger partial charge >= 0.3 is 0 Å². The predicted molar refractivity (Wildman–Crippen MR) is 90.5 cm³/mol. The number of hydrogen-bond donors (Lipinski definition) is 1. The fourth-order valence-electron chi connectivity index (χ4n) is 2.62. The van der Waals surface area contributed by atoms with Crippen molar-refractivity contribution in [1.29, 1.82) is 0 Å². The molecule has 116 valence electrons. The van der Waals surface area contributed by atoms with Gasteiger partial charge in [0, 0.05) is 30.7 Å². The second kappa shape index (κ2) is 8.63. The van der Waals surface area contributed by atoms with Gasteiger partial charge in [-0.05, 0) is 38.1 Å². The van der Waals surface area contributed by atoms with Crippen molar-refractivity contribution in [3.05, 3.63) is 11.1 Å². The third-order valence-electron chi connectivity index (χ3n) is 3.97. The summed E-state index contributed by atoms with van der Waals surface area (Å²) in [7, 11) is 0. The summed E-state index contributed by atoms with van der Waals surface area (Å²) in [4.78, 5) is 8.17. The molecule has 20 heavy (non-hydrogen) atoms. The standard InChI is InChI=1S/C16H31N3S/c1-7-19(8-2)16-18-10-14(20-16)9-17-11-15(12(3)4)13(5)6/h10,12-13,15,17H,7-9,11H2,1-6H3. The van der Waals surface area contributed by atoms with Gasteiger partial charge in [0.2, 0.25) is 0 Å². The quantitative estimate of drug-likeness (QED) is 0.746. The molecular weight excluding hydrogens is 266 g/mol. The molecule has 0 spiro atoms. The van der Waals surface area contributed by atoms with Crippen molar-refractivity contribution < 1.29 is 0 Å². The van der Waals surface area contributed by atoms with Crippen molar-refractivity contribution in [2.75, 3.05) is 24.5 Å². The van der Waals surface area contributed by atoms with Gasteiger partial charge in [-0.3, -0.25) is 0 Å². The number of rotatable bonds is 9. The van der Waals surface area contributed by atoms with Crippen LogP contribution in [-0.4, -0.2) is 24.6 Å². The molecule has 0 amide bonds. The van der Waals surface area contributed by atoms with Crippen molar-refractivity contribution in [3.8, 4) is 0 Å². The van der Waals surface area contributed by atoms with E-state index < -0.39 is 0 Å². The van der Waals surface area contributed by atoms with Crippen LogP contribution in [0.2, 0.25) is 0 Å². The van der Waals surface area contributed by atoms with Crippen molar-refractivity contribution in [1.82, 2.24) is 10.3 Å². The van der Waals surface area contributed by atoms with E-state index >= 15 is 0 Å². The highest BCUT2D eigenvalue weighted by atomic mass is 32.1. The lowest BCUT2D eigenvalue weighted by Gasteiger charge is -2.25.